The predicted molar refractivity (Wildman–Crippen MR) is 65.5 cm³/mol. The second kappa shape index (κ2) is 4.96. The van der Waals surface area contributed by atoms with E-state index in [0.29, 0.717) is 31.1 Å². The second-order valence-electron chi connectivity index (χ2n) is 4.97. The van der Waals surface area contributed by atoms with Gasteiger partial charge in [0.15, 0.2) is 0 Å². The summed E-state index contributed by atoms with van der Waals surface area (Å²) in [6.07, 6.45) is 3.66. The number of hydrogen-bond donors (Lipinski definition) is 1. The van der Waals surface area contributed by atoms with E-state index >= 15 is 0 Å². The first kappa shape index (κ1) is 12.9. The van der Waals surface area contributed by atoms with E-state index in [1.807, 2.05) is 18.9 Å². The van der Waals surface area contributed by atoms with Crippen LogP contribution in [0.1, 0.15) is 38.5 Å². The van der Waals surface area contributed by atoms with Crippen LogP contribution in [-0.2, 0) is 11.2 Å². The van der Waals surface area contributed by atoms with Crippen molar-refractivity contribution in [1.82, 2.24) is 10.1 Å². The number of carboxylic acid groups (broad SMARTS) is 1. The maximum atomic E-state index is 11.4. The number of hydrogen-bond acceptors (Lipinski definition) is 5. The van der Waals surface area contributed by atoms with Crippen LogP contribution in [0.25, 0.3) is 0 Å². The number of aromatic nitrogens is 2. The maximum Gasteiger partial charge on any atom is 0.310 e. The molecule has 0 saturated heterocycles. The van der Waals surface area contributed by atoms with Crippen LogP contribution in [0.5, 0.6) is 0 Å². The minimum atomic E-state index is -0.747. The molecular weight excluding hydrogens is 234 g/mol. The van der Waals surface area contributed by atoms with Gasteiger partial charge in [-0.25, -0.2) is 0 Å². The van der Waals surface area contributed by atoms with Crippen molar-refractivity contribution >= 4 is 11.9 Å². The van der Waals surface area contributed by atoms with Gasteiger partial charge in [-0.2, -0.15) is 4.98 Å². The molecular formula is C12H19N3O3. The highest BCUT2D eigenvalue weighted by atomic mass is 16.5. The van der Waals surface area contributed by atoms with E-state index in [9.17, 15) is 9.90 Å². The highest BCUT2D eigenvalue weighted by Gasteiger charge is 2.42. The fourth-order valence-electron chi connectivity index (χ4n) is 2.42. The summed E-state index contributed by atoms with van der Waals surface area (Å²) in [7, 11) is 1.87. The Balaban J connectivity index is 2.12. The second-order valence-corrected chi connectivity index (χ2v) is 4.97. The Morgan fingerprint density at radius 2 is 2.17 bits per heavy atom. The van der Waals surface area contributed by atoms with Gasteiger partial charge < -0.3 is 14.5 Å². The number of carboxylic acids is 1. The third kappa shape index (κ3) is 2.32. The molecule has 0 amide bonds. The van der Waals surface area contributed by atoms with E-state index in [0.717, 1.165) is 19.4 Å². The normalized spacial score (nSPS) is 17.9. The Labute approximate surface area is 106 Å². The van der Waals surface area contributed by atoms with Crippen molar-refractivity contribution in [2.75, 3.05) is 18.5 Å². The van der Waals surface area contributed by atoms with E-state index in [1.54, 1.807) is 0 Å². The molecule has 1 aliphatic rings. The van der Waals surface area contributed by atoms with Gasteiger partial charge in [0, 0.05) is 20.0 Å². The third-order valence-corrected chi connectivity index (χ3v) is 3.78. The highest BCUT2D eigenvalue weighted by molar-refractivity contribution is 5.75. The van der Waals surface area contributed by atoms with E-state index in [-0.39, 0.29) is 0 Å². The average Bonchev–Trinajstić information content (AvgIpc) is 2.98. The molecule has 18 heavy (non-hydrogen) atoms. The van der Waals surface area contributed by atoms with Gasteiger partial charge in [0.2, 0.25) is 5.89 Å². The first-order valence-corrected chi connectivity index (χ1v) is 6.34. The number of carbonyl (C=O) groups is 1. The number of anilines is 1. The molecule has 0 radical (unpaired) electrons. The zero-order valence-corrected chi connectivity index (χ0v) is 10.8. The largest absolute Gasteiger partial charge is 0.481 e. The summed E-state index contributed by atoms with van der Waals surface area (Å²) < 4.78 is 5.16. The van der Waals surface area contributed by atoms with Crippen LogP contribution in [-0.4, -0.2) is 34.8 Å². The van der Waals surface area contributed by atoms with Gasteiger partial charge in [0.25, 0.3) is 5.95 Å². The highest BCUT2D eigenvalue weighted by Crippen LogP contribution is 2.41. The number of aliphatic carboxylic acids is 1. The van der Waals surface area contributed by atoms with Crippen molar-refractivity contribution < 1.29 is 14.4 Å². The topological polar surface area (TPSA) is 79.5 Å². The molecule has 100 valence electrons. The van der Waals surface area contributed by atoms with Crippen molar-refractivity contribution in [3.63, 3.8) is 0 Å². The summed E-state index contributed by atoms with van der Waals surface area (Å²) in [5.41, 5.74) is -0.700. The zero-order chi connectivity index (χ0) is 13.2. The number of nitrogens with zero attached hydrogens (tertiary/aromatic N) is 3. The Morgan fingerprint density at radius 1 is 1.50 bits per heavy atom. The summed E-state index contributed by atoms with van der Waals surface area (Å²) in [6, 6.07) is 0. The van der Waals surface area contributed by atoms with Crippen LogP contribution in [0.2, 0.25) is 0 Å². The molecule has 0 aliphatic heterocycles. The maximum absolute atomic E-state index is 11.4. The van der Waals surface area contributed by atoms with Gasteiger partial charge in [0.1, 0.15) is 0 Å². The zero-order valence-electron chi connectivity index (χ0n) is 10.8. The molecule has 6 heteroatoms. The van der Waals surface area contributed by atoms with Crippen LogP contribution < -0.4 is 4.90 Å². The lowest BCUT2D eigenvalue weighted by Gasteiger charge is -2.21. The smallest absolute Gasteiger partial charge is 0.310 e. The molecule has 0 atom stereocenters. The molecule has 6 nitrogen and oxygen atoms in total. The van der Waals surface area contributed by atoms with Gasteiger partial charge in [-0.15, -0.1) is 0 Å². The SMILES string of the molecule is CCN(C)c1noc(CC2(C(=O)O)CCCC2)n1. The van der Waals surface area contributed by atoms with Crippen LogP contribution >= 0.6 is 0 Å². The van der Waals surface area contributed by atoms with Crippen molar-refractivity contribution in [1.29, 1.82) is 0 Å². The third-order valence-electron chi connectivity index (χ3n) is 3.78. The lowest BCUT2D eigenvalue weighted by Crippen LogP contribution is -2.30. The molecule has 1 aromatic heterocycles. The Morgan fingerprint density at radius 3 is 2.72 bits per heavy atom. The van der Waals surface area contributed by atoms with Gasteiger partial charge in [-0.05, 0) is 24.9 Å². The minimum absolute atomic E-state index is 0.340. The summed E-state index contributed by atoms with van der Waals surface area (Å²) in [6.45, 7) is 2.77. The first-order chi connectivity index (χ1) is 8.57. The predicted octanol–water partition coefficient (Wildman–Crippen LogP) is 1.71. The fraction of sp³-hybridized carbons (Fsp3) is 0.750. The standard InChI is InChI=1S/C12H19N3O3/c1-3-15(2)11-13-9(18-14-11)8-12(10(16)17)6-4-5-7-12/h3-8H2,1-2H3,(H,16,17). The first-order valence-electron chi connectivity index (χ1n) is 6.34. The van der Waals surface area contributed by atoms with Crippen molar-refractivity contribution in [2.24, 2.45) is 5.41 Å². The van der Waals surface area contributed by atoms with Crippen LogP contribution in [0, 0.1) is 5.41 Å². The van der Waals surface area contributed by atoms with Gasteiger partial charge >= 0.3 is 5.97 Å². The molecule has 1 aromatic rings. The fourth-order valence-corrected chi connectivity index (χ4v) is 2.42. The van der Waals surface area contributed by atoms with Crippen molar-refractivity contribution in [2.45, 2.75) is 39.0 Å². The summed E-state index contributed by atoms with van der Waals surface area (Å²) in [5, 5.41) is 13.3. The molecule has 0 bridgehead atoms. The lowest BCUT2D eigenvalue weighted by molar-refractivity contribution is -0.148. The molecule has 1 heterocycles. The minimum Gasteiger partial charge on any atom is -0.481 e. The van der Waals surface area contributed by atoms with Gasteiger partial charge in [-0.1, -0.05) is 12.8 Å². The molecule has 2 rings (SSSR count). The molecule has 0 aromatic carbocycles. The van der Waals surface area contributed by atoms with Crippen LogP contribution in [0.4, 0.5) is 5.95 Å². The van der Waals surface area contributed by atoms with Gasteiger partial charge in [-0.3, -0.25) is 4.79 Å². The molecule has 0 unspecified atom stereocenters. The summed E-state index contributed by atoms with van der Waals surface area (Å²) >= 11 is 0. The van der Waals surface area contributed by atoms with E-state index in [4.69, 9.17) is 4.52 Å². The van der Waals surface area contributed by atoms with Gasteiger partial charge in [0.05, 0.1) is 5.41 Å². The van der Waals surface area contributed by atoms with Crippen molar-refractivity contribution in [3.8, 4) is 0 Å². The lowest BCUT2D eigenvalue weighted by atomic mass is 9.83. The van der Waals surface area contributed by atoms with Crippen molar-refractivity contribution in [3.05, 3.63) is 5.89 Å². The van der Waals surface area contributed by atoms with E-state index < -0.39 is 11.4 Å². The van der Waals surface area contributed by atoms with Crippen LogP contribution in [0.15, 0.2) is 4.52 Å². The monoisotopic (exact) mass is 253 g/mol. The van der Waals surface area contributed by atoms with E-state index in [2.05, 4.69) is 10.1 Å². The Kier molecular flexibility index (Phi) is 3.54. The average molecular weight is 253 g/mol. The Bertz CT molecular complexity index is 424. The van der Waals surface area contributed by atoms with Crippen LogP contribution in [0.3, 0.4) is 0 Å². The number of rotatable bonds is 5. The quantitative estimate of drug-likeness (QED) is 0.860. The Hall–Kier alpha value is -1.59. The summed E-state index contributed by atoms with van der Waals surface area (Å²) in [4.78, 5) is 17.5. The summed E-state index contributed by atoms with van der Waals surface area (Å²) in [5.74, 6) is 0.198. The van der Waals surface area contributed by atoms with E-state index in [1.165, 1.54) is 0 Å². The molecule has 0 spiro atoms. The molecule has 1 N–H and O–H groups in total. The molecule has 1 fully saturated rings. The molecule has 1 aliphatic carbocycles. The molecule has 1 saturated carbocycles.